The van der Waals surface area contributed by atoms with E-state index in [0.717, 1.165) is 12.8 Å². The summed E-state index contributed by atoms with van der Waals surface area (Å²) in [4.78, 5) is 5.39. The van der Waals surface area contributed by atoms with Crippen LogP contribution < -0.4 is 5.73 Å². The standard InChI is InChI=1S/C9H16N2S/c1-3-8(7(2)10)4-9-5-11-6-12-9/h5-8H,3-4,10H2,1-2H3. The maximum absolute atomic E-state index is 5.85. The molecule has 2 N–H and O–H groups in total. The Morgan fingerprint density at radius 2 is 2.42 bits per heavy atom. The minimum absolute atomic E-state index is 0.289. The van der Waals surface area contributed by atoms with Crippen LogP contribution in [0.15, 0.2) is 11.7 Å². The van der Waals surface area contributed by atoms with E-state index in [1.807, 2.05) is 11.7 Å². The van der Waals surface area contributed by atoms with Crippen LogP contribution in [0, 0.1) is 5.92 Å². The predicted molar refractivity (Wildman–Crippen MR) is 53.2 cm³/mol. The summed E-state index contributed by atoms with van der Waals surface area (Å²) in [7, 11) is 0. The van der Waals surface area contributed by atoms with Crippen LogP contribution in [0.2, 0.25) is 0 Å². The molecule has 3 heteroatoms. The normalized spacial score (nSPS) is 15.9. The molecular weight excluding hydrogens is 168 g/mol. The smallest absolute Gasteiger partial charge is 0.0794 e. The van der Waals surface area contributed by atoms with Crippen LogP contribution in [0.4, 0.5) is 0 Å². The number of nitrogens with zero attached hydrogens (tertiary/aromatic N) is 1. The highest BCUT2D eigenvalue weighted by atomic mass is 32.1. The van der Waals surface area contributed by atoms with Crippen molar-refractivity contribution in [3.05, 3.63) is 16.6 Å². The maximum Gasteiger partial charge on any atom is 0.0794 e. The Morgan fingerprint density at radius 3 is 2.83 bits per heavy atom. The Labute approximate surface area is 77.8 Å². The molecule has 2 atom stereocenters. The molecule has 2 unspecified atom stereocenters. The molecule has 1 aromatic heterocycles. The molecule has 12 heavy (non-hydrogen) atoms. The lowest BCUT2D eigenvalue weighted by atomic mass is 9.95. The number of hydrogen-bond acceptors (Lipinski definition) is 3. The quantitative estimate of drug-likeness (QED) is 0.778. The van der Waals surface area contributed by atoms with E-state index in [1.165, 1.54) is 4.88 Å². The molecule has 0 amide bonds. The molecule has 0 aliphatic heterocycles. The maximum atomic E-state index is 5.85. The first-order valence-corrected chi connectivity index (χ1v) is 5.25. The molecule has 0 aliphatic carbocycles. The van der Waals surface area contributed by atoms with E-state index in [9.17, 15) is 0 Å². The summed E-state index contributed by atoms with van der Waals surface area (Å²) < 4.78 is 0. The van der Waals surface area contributed by atoms with Crippen LogP contribution in [-0.2, 0) is 6.42 Å². The van der Waals surface area contributed by atoms with Gasteiger partial charge in [0.1, 0.15) is 0 Å². The van der Waals surface area contributed by atoms with Crippen molar-refractivity contribution >= 4 is 11.3 Å². The number of hydrogen-bond donors (Lipinski definition) is 1. The van der Waals surface area contributed by atoms with E-state index in [2.05, 4.69) is 18.8 Å². The number of thiazole rings is 1. The molecule has 0 saturated carbocycles. The van der Waals surface area contributed by atoms with Crippen LogP contribution in [0.5, 0.6) is 0 Å². The van der Waals surface area contributed by atoms with Gasteiger partial charge in [0.15, 0.2) is 0 Å². The summed E-state index contributed by atoms with van der Waals surface area (Å²) in [5.41, 5.74) is 7.73. The van der Waals surface area contributed by atoms with Gasteiger partial charge in [-0.2, -0.15) is 0 Å². The number of rotatable bonds is 4. The van der Waals surface area contributed by atoms with Gasteiger partial charge in [0.05, 0.1) is 5.51 Å². The fraction of sp³-hybridized carbons (Fsp3) is 0.667. The van der Waals surface area contributed by atoms with Crippen molar-refractivity contribution in [3.63, 3.8) is 0 Å². The Morgan fingerprint density at radius 1 is 1.67 bits per heavy atom. The number of nitrogens with two attached hydrogens (primary N) is 1. The molecule has 0 fully saturated rings. The molecule has 0 radical (unpaired) electrons. The van der Waals surface area contributed by atoms with Gasteiger partial charge in [-0.05, 0) is 19.3 Å². The molecule has 0 bridgehead atoms. The number of aromatic nitrogens is 1. The Kier molecular flexibility index (Phi) is 3.69. The van der Waals surface area contributed by atoms with Crippen molar-refractivity contribution in [2.45, 2.75) is 32.7 Å². The minimum Gasteiger partial charge on any atom is -0.328 e. The highest BCUT2D eigenvalue weighted by Gasteiger charge is 2.12. The van der Waals surface area contributed by atoms with Gasteiger partial charge >= 0.3 is 0 Å². The molecule has 1 aromatic rings. The molecule has 0 aromatic carbocycles. The van der Waals surface area contributed by atoms with E-state index in [1.54, 1.807) is 11.3 Å². The molecule has 0 saturated heterocycles. The second kappa shape index (κ2) is 4.58. The third-order valence-electron chi connectivity index (χ3n) is 2.21. The summed E-state index contributed by atoms with van der Waals surface area (Å²) in [5, 5.41) is 0. The first kappa shape index (κ1) is 9.68. The van der Waals surface area contributed by atoms with Gasteiger partial charge in [-0.3, -0.25) is 4.98 Å². The summed E-state index contributed by atoms with van der Waals surface area (Å²) in [6.07, 6.45) is 4.17. The Hall–Kier alpha value is -0.410. The van der Waals surface area contributed by atoms with Crippen LogP contribution >= 0.6 is 11.3 Å². The molecular formula is C9H16N2S. The lowest BCUT2D eigenvalue weighted by Crippen LogP contribution is -2.27. The average molecular weight is 184 g/mol. The predicted octanol–water partition coefficient (Wildman–Crippen LogP) is 2.06. The average Bonchev–Trinajstić information content (AvgIpc) is 2.51. The van der Waals surface area contributed by atoms with Crippen LogP contribution in [0.3, 0.4) is 0 Å². The van der Waals surface area contributed by atoms with Crippen molar-refractivity contribution < 1.29 is 0 Å². The van der Waals surface area contributed by atoms with Crippen LogP contribution in [-0.4, -0.2) is 11.0 Å². The molecule has 1 heterocycles. The van der Waals surface area contributed by atoms with Gasteiger partial charge in [0.25, 0.3) is 0 Å². The zero-order valence-electron chi connectivity index (χ0n) is 7.66. The van der Waals surface area contributed by atoms with E-state index in [0.29, 0.717) is 5.92 Å². The Bertz CT molecular complexity index is 206. The summed E-state index contributed by atoms with van der Waals surface area (Å²) in [5.74, 6) is 0.602. The fourth-order valence-electron chi connectivity index (χ4n) is 1.30. The van der Waals surface area contributed by atoms with Gasteiger partial charge in [0.2, 0.25) is 0 Å². The molecule has 1 rings (SSSR count). The van der Waals surface area contributed by atoms with E-state index >= 15 is 0 Å². The highest BCUT2D eigenvalue weighted by Crippen LogP contribution is 2.17. The van der Waals surface area contributed by atoms with Gasteiger partial charge in [-0.15, -0.1) is 11.3 Å². The third-order valence-corrected chi connectivity index (χ3v) is 3.02. The summed E-state index contributed by atoms with van der Waals surface area (Å²) >= 11 is 1.72. The fourth-order valence-corrected chi connectivity index (χ4v) is 1.99. The topological polar surface area (TPSA) is 38.9 Å². The van der Waals surface area contributed by atoms with Gasteiger partial charge in [0, 0.05) is 17.1 Å². The van der Waals surface area contributed by atoms with Crippen molar-refractivity contribution in [2.75, 3.05) is 0 Å². The zero-order chi connectivity index (χ0) is 8.97. The van der Waals surface area contributed by atoms with Crippen molar-refractivity contribution in [3.8, 4) is 0 Å². The third kappa shape index (κ3) is 2.57. The molecule has 2 nitrogen and oxygen atoms in total. The largest absolute Gasteiger partial charge is 0.328 e. The molecule has 68 valence electrons. The van der Waals surface area contributed by atoms with Crippen molar-refractivity contribution in [2.24, 2.45) is 11.7 Å². The summed E-state index contributed by atoms with van der Waals surface area (Å²) in [6, 6.07) is 0.289. The van der Waals surface area contributed by atoms with Crippen molar-refractivity contribution in [1.29, 1.82) is 0 Å². The van der Waals surface area contributed by atoms with Crippen LogP contribution in [0.25, 0.3) is 0 Å². The van der Waals surface area contributed by atoms with E-state index in [-0.39, 0.29) is 6.04 Å². The molecule has 0 aliphatic rings. The first-order chi connectivity index (χ1) is 5.74. The lowest BCUT2D eigenvalue weighted by molar-refractivity contribution is 0.430. The van der Waals surface area contributed by atoms with Gasteiger partial charge < -0.3 is 5.73 Å². The highest BCUT2D eigenvalue weighted by molar-refractivity contribution is 7.09. The second-order valence-electron chi connectivity index (χ2n) is 3.20. The van der Waals surface area contributed by atoms with Crippen molar-refractivity contribution in [1.82, 2.24) is 4.98 Å². The molecule has 0 spiro atoms. The van der Waals surface area contributed by atoms with Crippen LogP contribution in [0.1, 0.15) is 25.1 Å². The Balaban J connectivity index is 2.48. The SMILES string of the molecule is CCC(Cc1cncs1)C(C)N. The van der Waals surface area contributed by atoms with E-state index < -0.39 is 0 Å². The lowest BCUT2D eigenvalue weighted by Gasteiger charge is -2.17. The summed E-state index contributed by atoms with van der Waals surface area (Å²) in [6.45, 7) is 4.27. The monoisotopic (exact) mass is 184 g/mol. The zero-order valence-corrected chi connectivity index (χ0v) is 8.47. The second-order valence-corrected chi connectivity index (χ2v) is 4.17. The van der Waals surface area contributed by atoms with Gasteiger partial charge in [-0.25, -0.2) is 0 Å². The minimum atomic E-state index is 0.289. The van der Waals surface area contributed by atoms with Gasteiger partial charge in [-0.1, -0.05) is 13.3 Å². The first-order valence-electron chi connectivity index (χ1n) is 4.37. The van der Waals surface area contributed by atoms with E-state index in [4.69, 9.17) is 5.73 Å².